The highest BCUT2D eigenvalue weighted by molar-refractivity contribution is 5.30. The largest absolute Gasteiger partial charge is 0.312 e. The second kappa shape index (κ2) is 6.48. The normalized spacial score (nSPS) is 10.7. The zero-order valence-corrected chi connectivity index (χ0v) is 11.5. The third-order valence-electron chi connectivity index (χ3n) is 3.32. The third-order valence-corrected chi connectivity index (χ3v) is 3.32. The van der Waals surface area contributed by atoms with E-state index in [1.54, 1.807) is 0 Å². The van der Waals surface area contributed by atoms with Crippen LogP contribution in [-0.4, -0.2) is 6.54 Å². The molecule has 0 aliphatic rings. The molecule has 2 aromatic carbocycles. The van der Waals surface area contributed by atoms with Crippen LogP contribution in [0.15, 0.2) is 42.5 Å². The van der Waals surface area contributed by atoms with Crippen molar-refractivity contribution in [2.75, 3.05) is 6.54 Å². The topological polar surface area (TPSA) is 12.0 Å². The smallest absolute Gasteiger partial charge is 0.123 e. The second-order valence-electron chi connectivity index (χ2n) is 4.98. The van der Waals surface area contributed by atoms with E-state index in [-0.39, 0.29) is 5.82 Å². The molecular weight excluding hydrogens is 237 g/mol. The highest BCUT2D eigenvalue weighted by atomic mass is 19.1. The van der Waals surface area contributed by atoms with Crippen LogP contribution in [0.25, 0.3) is 0 Å². The van der Waals surface area contributed by atoms with E-state index in [0.717, 1.165) is 25.1 Å². The lowest BCUT2D eigenvalue weighted by Crippen LogP contribution is -2.17. The average molecular weight is 257 g/mol. The molecular formula is C17H20FN. The van der Waals surface area contributed by atoms with Gasteiger partial charge in [0, 0.05) is 6.54 Å². The molecule has 1 N–H and O–H groups in total. The Balaban J connectivity index is 1.79. The molecule has 0 saturated heterocycles. The van der Waals surface area contributed by atoms with Gasteiger partial charge in [0.15, 0.2) is 0 Å². The molecule has 0 heterocycles. The van der Waals surface area contributed by atoms with Gasteiger partial charge >= 0.3 is 0 Å². The van der Waals surface area contributed by atoms with Crippen LogP contribution in [0, 0.1) is 19.7 Å². The summed E-state index contributed by atoms with van der Waals surface area (Å²) in [6.45, 7) is 6.04. The lowest BCUT2D eigenvalue weighted by molar-refractivity contribution is 0.626. The molecule has 0 amide bonds. The van der Waals surface area contributed by atoms with Crippen LogP contribution >= 0.6 is 0 Å². The third kappa shape index (κ3) is 4.18. The molecule has 0 aliphatic carbocycles. The number of rotatable bonds is 5. The molecule has 0 atom stereocenters. The van der Waals surface area contributed by atoms with Gasteiger partial charge < -0.3 is 5.32 Å². The molecule has 2 rings (SSSR count). The molecule has 0 radical (unpaired) electrons. The van der Waals surface area contributed by atoms with Gasteiger partial charge in [0.25, 0.3) is 0 Å². The van der Waals surface area contributed by atoms with Gasteiger partial charge in [0.1, 0.15) is 5.82 Å². The van der Waals surface area contributed by atoms with Crippen molar-refractivity contribution in [2.24, 2.45) is 0 Å². The number of halogens is 1. The highest BCUT2D eigenvalue weighted by Crippen LogP contribution is 2.10. The van der Waals surface area contributed by atoms with Gasteiger partial charge in [-0.1, -0.05) is 35.9 Å². The minimum atomic E-state index is -0.174. The molecule has 0 saturated carbocycles. The summed E-state index contributed by atoms with van der Waals surface area (Å²) >= 11 is 0. The standard InChI is InChI=1S/C17H20FN/c1-13-3-6-16(14(2)11-13)12-19-10-9-15-4-7-17(18)8-5-15/h3-8,11,19H,9-10,12H2,1-2H3. The summed E-state index contributed by atoms with van der Waals surface area (Å²) in [6.07, 6.45) is 0.922. The number of hydrogen-bond acceptors (Lipinski definition) is 1. The first-order chi connectivity index (χ1) is 9.15. The SMILES string of the molecule is Cc1ccc(CNCCc2ccc(F)cc2)c(C)c1. The molecule has 0 spiro atoms. The summed E-state index contributed by atoms with van der Waals surface area (Å²) < 4.78 is 12.8. The monoisotopic (exact) mass is 257 g/mol. The van der Waals surface area contributed by atoms with E-state index in [4.69, 9.17) is 0 Å². The Kier molecular flexibility index (Phi) is 4.69. The van der Waals surface area contributed by atoms with Crippen LogP contribution in [0.2, 0.25) is 0 Å². The quantitative estimate of drug-likeness (QED) is 0.804. The van der Waals surface area contributed by atoms with Crippen LogP contribution in [0.4, 0.5) is 4.39 Å². The van der Waals surface area contributed by atoms with Gasteiger partial charge in [0.05, 0.1) is 0 Å². The summed E-state index contributed by atoms with van der Waals surface area (Å²) in [5.41, 5.74) is 5.13. The van der Waals surface area contributed by atoms with Crippen molar-refractivity contribution in [1.29, 1.82) is 0 Å². The molecule has 0 fully saturated rings. The minimum absolute atomic E-state index is 0.174. The molecule has 2 heteroatoms. The molecule has 2 aromatic rings. The summed E-state index contributed by atoms with van der Waals surface area (Å²) in [6, 6.07) is 13.2. The van der Waals surface area contributed by atoms with Crippen molar-refractivity contribution in [3.05, 3.63) is 70.5 Å². The molecule has 1 nitrogen and oxygen atoms in total. The van der Waals surface area contributed by atoms with Gasteiger partial charge in [-0.2, -0.15) is 0 Å². The lowest BCUT2D eigenvalue weighted by atomic mass is 10.1. The van der Waals surface area contributed by atoms with Gasteiger partial charge in [-0.15, -0.1) is 0 Å². The molecule has 0 unspecified atom stereocenters. The molecule has 100 valence electrons. The van der Waals surface area contributed by atoms with Gasteiger partial charge in [0.2, 0.25) is 0 Å². The van der Waals surface area contributed by atoms with E-state index in [1.165, 1.54) is 28.8 Å². The van der Waals surface area contributed by atoms with E-state index in [2.05, 4.69) is 37.4 Å². The van der Waals surface area contributed by atoms with Crippen molar-refractivity contribution < 1.29 is 4.39 Å². The first kappa shape index (κ1) is 13.8. The zero-order valence-electron chi connectivity index (χ0n) is 11.5. The van der Waals surface area contributed by atoms with E-state index in [9.17, 15) is 4.39 Å². The fourth-order valence-electron chi connectivity index (χ4n) is 2.15. The van der Waals surface area contributed by atoms with E-state index in [0.29, 0.717) is 0 Å². The number of nitrogens with one attached hydrogen (secondary N) is 1. The summed E-state index contributed by atoms with van der Waals surface area (Å²) in [7, 11) is 0. The van der Waals surface area contributed by atoms with Crippen molar-refractivity contribution >= 4 is 0 Å². The van der Waals surface area contributed by atoms with Crippen molar-refractivity contribution in [1.82, 2.24) is 5.32 Å². The first-order valence-electron chi connectivity index (χ1n) is 6.66. The maximum absolute atomic E-state index is 12.8. The van der Waals surface area contributed by atoms with Crippen LogP contribution in [0.3, 0.4) is 0 Å². The van der Waals surface area contributed by atoms with E-state index < -0.39 is 0 Å². The number of benzene rings is 2. The van der Waals surface area contributed by atoms with Crippen molar-refractivity contribution in [2.45, 2.75) is 26.8 Å². The number of aryl methyl sites for hydroxylation is 2. The Morgan fingerprint density at radius 3 is 2.42 bits per heavy atom. The minimum Gasteiger partial charge on any atom is -0.312 e. The van der Waals surface area contributed by atoms with Gasteiger partial charge in [-0.3, -0.25) is 0 Å². The molecule has 19 heavy (non-hydrogen) atoms. The maximum atomic E-state index is 12.8. The number of hydrogen-bond donors (Lipinski definition) is 1. The van der Waals surface area contributed by atoms with Crippen LogP contribution < -0.4 is 5.32 Å². The van der Waals surface area contributed by atoms with E-state index >= 15 is 0 Å². The summed E-state index contributed by atoms with van der Waals surface area (Å²) in [5.74, 6) is -0.174. The Morgan fingerprint density at radius 1 is 1.00 bits per heavy atom. The lowest BCUT2D eigenvalue weighted by Gasteiger charge is -2.08. The first-order valence-corrected chi connectivity index (χ1v) is 6.66. The van der Waals surface area contributed by atoms with Gasteiger partial charge in [-0.05, 0) is 55.6 Å². The molecule has 0 aromatic heterocycles. The average Bonchev–Trinajstić information content (AvgIpc) is 2.39. The molecule has 0 bridgehead atoms. The van der Waals surface area contributed by atoms with Crippen molar-refractivity contribution in [3.63, 3.8) is 0 Å². The fourth-order valence-corrected chi connectivity index (χ4v) is 2.15. The van der Waals surface area contributed by atoms with Crippen LogP contribution in [-0.2, 0) is 13.0 Å². The molecule has 0 aliphatic heterocycles. The predicted octanol–water partition coefficient (Wildman–Crippen LogP) is 3.77. The second-order valence-corrected chi connectivity index (χ2v) is 4.98. The maximum Gasteiger partial charge on any atom is 0.123 e. The fraction of sp³-hybridized carbons (Fsp3) is 0.294. The highest BCUT2D eigenvalue weighted by Gasteiger charge is 1.98. The van der Waals surface area contributed by atoms with Crippen molar-refractivity contribution in [3.8, 4) is 0 Å². The Labute approximate surface area is 114 Å². The summed E-state index contributed by atoms with van der Waals surface area (Å²) in [5, 5.41) is 3.43. The Morgan fingerprint density at radius 2 is 1.74 bits per heavy atom. The van der Waals surface area contributed by atoms with Crippen LogP contribution in [0.1, 0.15) is 22.3 Å². The Hall–Kier alpha value is -1.67. The van der Waals surface area contributed by atoms with Crippen LogP contribution in [0.5, 0.6) is 0 Å². The van der Waals surface area contributed by atoms with E-state index in [1.807, 2.05) is 12.1 Å². The van der Waals surface area contributed by atoms with Gasteiger partial charge in [-0.25, -0.2) is 4.39 Å². The zero-order chi connectivity index (χ0) is 13.7. The Bertz CT molecular complexity index is 531. The predicted molar refractivity (Wildman–Crippen MR) is 77.7 cm³/mol. The summed E-state index contributed by atoms with van der Waals surface area (Å²) in [4.78, 5) is 0.